The summed E-state index contributed by atoms with van der Waals surface area (Å²) in [4.78, 5) is 3.96. The molecule has 2 N–H and O–H groups in total. The molecule has 18 heavy (non-hydrogen) atoms. The molecule has 2 rings (SSSR count). The van der Waals surface area contributed by atoms with Crippen LogP contribution in [0.4, 0.5) is 0 Å². The van der Waals surface area contributed by atoms with E-state index < -0.39 is 9.84 Å². The van der Waals surface area contributed by atoms with E-state index >= 15 is 0 Å². The Hall–Kier alpha value is -1.14. The van der Waals surface area contributed by atoms with Gasteiger partial charge >= 0.3 is 0 Å². The summed E-state index contributed by atoms with van der Waals surface area (Å²) in [5, 5.41) is 0. The van der Waals surface area contributed by atoms with Crippen molar-refractivity contribution in [2.75, 3.05) is 24.7 Å². The summed E-state index contributed by atoms with van der Waals surface area (Å²) in [6, 6.07) is 3.62. The minimum Gasteiger partial charge on any atom is -0.492 e. The van der Waals surface area contributed by atoms with Gasteiger partial charge in [0.25, 0.3) is 0 Å². The van der Waals surface area contributed by atoms with Crippen LogP contribution in [0.3, 0.4) is 0 Å². The van der Waals surface area contributed by atoms with Crippen LogP contribution in [-0.4, -0.2) is 38.1 Å². The van der Waals surface area contributed by atoms with Gasteiger partial charge < -0.3 is 10.5 Å². The van der Waals surface area contributed by atoms with Gasteiger partial charge in [-0.2, -0.15) is 0 Å². The third kappa shape index (κ3) is 3.43. The monoisotopic (exact) mass is 270 g/mol. The number of hydrogen-bond acceptors (Lipinski definition) is 5. The molecule has 1 aliphatic heterocycles. The molecule has 0 spiro atoms. The number of aromatic nitrogens is 1. The lowest BCUT2D eigenvalue weighted by Crippen LogP contribution is -2.29. The van der Waals surface area contributed by atoms with Crippen LogP contribution in [0.5, 0.6) is 5.75 Å². The Kier molecular flexibility index (Phi) is 4.19. The molecular weight excluding hydrogens is 252 g/mol. The van der Waals surface area contributed by atoms with Gasteiger partial charge in [0.15, 0.2) is 9.84 Å². The predicted molar refractivity (Wildman–Crippen MR) is 69.0 cm³/mol. The van der Waals surface area contributed by atoms with Gasteiger partial charge in [0.2, 0.25) is 0 Å². The van der Waals surface area contributed by atoms with Gasteiger partial charge in [-0.15, -0.1) is 0 Å². The van der Waals surface area contributed by atoms with Crippen molar-refractivity contribution in [1.82, 2.24) is 4.98 Å². The maximum Gasteiger partial charge on any atom is 0.150 e. The molecule has 0 aromatic carbocycles. The zero-order valence-corrected chi connectivity index (χ0v) is 11.0. The minimum absolute atomic E-state index is 0.0856. The smallest absolute Gasteiger partial charge is 0.150 e. The van der Waals surface area contributed by atoms with Crippen molar-refractivity contribution in [3.63, 3.8) is 0 Å². The molecule has 0 aliphatic carbocycles. The Morgan fingerprint density at radius 3 is 2.94 bits per heavy atom. The Balaban J connectivity index is 1.90. The number of nitrogens with two attached hydrogens (primary N) is 1. The molecule has 2 atom stereocenters. The second-order valence-electron chi connectivity index (χ2n) is 4.66. The summed E-state index contributed by atoms with van der Waals surface area (Å²) >= 11 is 0. The highest BCUT2D eigenvalue weighted by molar-refractivity contribution is 7.91. The van der Waals surface area contributed by atoms with Gasteiger partial charge in [0.05, 0.1) is 24.3 Å². The molecule has 5 nitrogen and oxygen atoms in total. The number of nitrogens with zero attached hydrogens (tertiary/aromatic N) is 1. The van der Waals surface area contributed by atoms with Crippen LogP contribution in [0.25, 0.3) is 0 Å². The second-order valence-corrected chi connectivity index (χ2v) is 6.89. The molecule has 1 aromatic rings. The van der Waals surface area contributed by atoms with Crippen LogP contribution in [0.15, 0.2) is 24.5 Å². The highest BCUT2D eigenvalue weighted by Crippen LogP contribution is 2.26. The van der Waals surface area contributed by atoms with Gasteiger partial charge in [-0.05, 0) is 31.0 Å². The van der Waals surface area contributed by atoms with Crippen molar-refractivity contribution in [1.29, 1.82) is 0 Å². The van der Waals surface area contributed by atoms with Crippen molar-refractivity contribution in [2.45, 2.75) is 6.42 Å². The summed E-state index contributed by atoms with van der Waals surface area (Å²) < 4.78 is 28.5. The van der Waals surface area contributed by atoms with Crippen LogP contribution in [0.2, 0.25) is 0 Å². The SMILES string of the molecule is NCC(COc1cccnc1)C1CCS(=O)(=O)C1. The molecule has 6 heteroatoms. The Morgan fingerprint density at radius 1 is 1.56 bits per heavy atom. The highest BCUT2D eigenvalue weighted by atomic mass is 32.2. The second kappa shape index (κ2) is 5.67. The number of pyridine rings is 1. The van der Waals surface area contributed by atoms with E-state index in [-0.39, 0.29) is 23.3 Å². The molecule has 0 amide bonds. The normalized spacial score (nSPS) is 23.7. The molecule has 1 aromatic heterocycles. The van der Waals surface area contributed by atoms with E-state index in [4.69, 9.17) is 10.5 Å². The fourth-order valence-electron chi connectivity index (χ4n) is 2.23. The molecule has 100 valence electrons. The van der Waals surface area contributed by atoms with Crippen molar-refractivity contribution in [3.8, 4) is 5.75 Å². The first-order chi connectivity index (χ1) is 8.61. The third-order valence-corrected chi connectivity index (χ3v) is 5.13. The highest BCUT2D eigenvalue weighted by Gasteiger charge is 2.33. The fourth-order valence-corrected chi connectivity index (χ4v) is 4.15. The van der Waals surface area contributed by atoms with Gasteiger partial charge in [-0.3, -0.25) is 4.98 Å². The first-order valence-electron chi connectivity index (χ1n) is 6.04. The van der Waals surface area contributed by atoms with Crippen LogP contribution < -0.4 is 10.5 Å². The van der Waals surface area contributed by atoms with E-state index in [1.54, 1.807) is 18.5 Å². The number of ether oxygens (including phenoxy) is 1. The molecule has 0 bridgehead atoms. The fraction of sp³-hybridized carbons (Fsp3) is 0.583. The maximum absolute atomic E-state index is 11.4. The summed E-state index contributed by atoms with van der Waals surface area (Å²) in [5.41, 5.74) is 5.71. The van der Waals surface area contributed by atoms with E-state index in [1.807, 2.05) is 6.07 Å². The van der Waals surface area contributed by atoms with Gasteiger partial charge in [0.1, 0.15) is 5.75 Å². The number of rotatable bonds is 5. The molecule has 1 saturated heterocycles. The Bertz CT molecular complexity index is 475. The van der Waals surface area contributed by atoms with Crippen LogP contribution in [0, 0.1) is 11.8 Å². The van der Waals surface area contributed by atoms with E-state index in [1.165, 1.54) is 0 Å². The number of hydrogen-bond donors (Lipinski definition) is 1. The average molecular weight is 270 g/mol. The Morgan fingerprint density at radius 2 is 2.39 bits per heavy atom. The number of sulfone groups is 1. The summed E-state index contributed by atoms with van der Waals surface area (Å²) in [6.45, 7) is 0.892. The van der Waals surface area contributed by atoms with E-state index in [0.29, 0.717) is 25.3 Å². The van der Waals surface area contributed by atoms with Gasteiger partial charge in [-0.25, -0.2) is 8.42 Å². The third-order valence-electron chi connectivity index (χ3n) is 3.34. The lowest BCUT2D eigenvalue weighted by molar-refractivity contribution is 0.208. The average Bonchev–Trinajstić information content (AvgIpc) is 2.72. The first-order valence-corrected chi connectivity index (χ1v) is 7.86. The summed E-state index contributed by atoms with van der Waals surface area (Å²) in [7, 11) is -2.86. The lowest BCUT2D eigenvalue weighted by atomic mass is 9.93. The van der Waals surface area contributed by atoms with Crippen molar-refractivity contribution < 1.29 is 13.2 Å². The standard InChI is InChI=1S/C12H18N2O3S/c13-6-11(10-3-5-18(15,16)9-10)8-17-12-2-1-4-14-7-12/h1-2,4,7,10-11H,3,5-6,8-9,13H2. The van der Waals surface area contributed by atoms with Crippen molar-refractivity contribution >= 4 is 9.84 Å². The van der Waals surface area contributed by atoms with Crippen LogP contribution >= 0.6 is 0 Å². The molecule has 2 heterocycles. The topological polar surface area (TPSA) is 82.3 Å². The maximum atomic E-state index is 11.4. The van der Waals surface area contributed by atoms with E-state index in [0.717, 1.165) is 0 Å². The first kappa shape index (κ1) is 13.3. The molecular formula is C12H18N2O3S. The summed E-state index contributed by atoms with van der Waals surface area (Å²) in [5.74, 6) is 1.42. The van der Waals surface area contributed by atoms with Crippen molar-refractivity contribution in [3.05, 3.63) is 24.5 Å². The molecule has 2 unspecified atom stereocenters. The quantitative estimate of drug-likeness (QED) is 0.841. The van der Waals surface area contributed by atoms with Crippen LogP contribution in [-0.2, 0) is 9.84 Å². The Labute approximate surface area is 107 Å². The molecule has 1 fully saturated rings. The zero-order chi connectivity index (χ0) is 13.0. The van der Waals surface area contributed by atoms with E-state index in [9.17, 15) is 8.42 Å². The van der Waals surface area contributed by atoms with Gasteiger partial charge in [0, 0.05) is 12.1 Å². The zero-order valence-electron chi connectivity index (χ0n) is 10.2. The van der Waals surface area contributed by atoms with E-state index in [2.05, 4.69) is 4.98 Å². The summed E-state index contributed by atoms with van der Waals surface area (Å²) in [6.07, 6.45) is 4.01. The predicted octanol–water partition coefficient (Wildman–Crippen LogP) is 0.470. The molecule has 1 aliphatic rings. The minimum atomic E-state index is -2.86. The molecule has 0 radical (unpaired) electrons. The van der Waals surface area contributed by atoms with Gasteiger partial charge in [-0.1, -0.05) is 0 Å². The van der Waals surface area contributed by atoms with Crippen molar-refractivity contribution in [2.24, 2.45) is 17.6 Å². The molecule has 0 saturated carbocycles. The largest absolute Gasteiger partial charge is 0.492 e. The lowest BCUT2D eigenvalue weighted by Gasteiger charge is -2.20. The van der Waals surface area contributed by atoms with Crippen LogP contribution in [0.1, 0.15) is 6.42 Å².